The van der Waals surface area contributed by atoms with E-state index in [2.05, 4.69) is 97.1 Å². The summed E-state index contributed by atoms with van der Waals surface area (Å²) in [4.78, 5) is 0. The van der Waals surface area contributed by atoms with Crippen molar-refractivity contribution < 1.29 is 0 Å². The first-order chi connectivity index (χ1) is 12.4. The van der Waals surface area contributed by atoms with Crippen LogP contribution in [0.15, 0.2) is 96.1 Å². The zero-order valence-electron chi connectivity index (χ0n) is 14.4. The first-order valence-electron chi connectivity index (χ1n) is 8.80. The van der Waals surface area contributed by atoms with Crippen LogP contribution in [0.5, 0.6) is 0 Å². The lowest BCUT2D eigenvalue weighted by Crippen LogP contribution is -2.24. The second kappa shape index (κ2) is 5.17. The molecule has 6 rings (SSSR count). The summed E-state index contributed by atoms with van der Waals surface area (Å²) in [7, 11) is 0. The van der Waals surface area contributed by atoms with Gasteiger partial charge in [0, 0.05) is 0 Å². The topological polar surface area (TPSA) is 35.0 Å². The van der Waals surface area contributed by atoms with E-state index in [9.17, 15) is 0 Å². The second-order valence-electron chi connectivity index (χ2n) is 7.04. The van der Waals surface area contributed by atoms with Crippen LogP contribution in [0.4, 0.5) is 0 Å². The molecule has 0 aromatic heterocycles. The molecule has 4 aliphatic carbocycles. The molecule has 0 fully saturated rings. The van der Waals surface area contributed by atoms with Crippen molar-refractivity contribution in [2.24, 2.45) is 5.41 Å². The van der Waals surface area contributed by atoms with Crippen molar-refractivity contribution in [1.82, 2.24) is 6.15 Å². The molecule has 26 heavy (non-hydrogen) atoms. The van der Waals surface area contributed by atoms with Crippen molar-refractivity contribution in [3.8, 4) is 0 Å². The summed E-state index contributed by atoms with van der Waals surface area (Å²) in [6.07, 6.45) is 18.4. The number of benzene rings is 2. The van der Waals surface area contributed by atoms with Crippen LogP contribution in [-0.4, -0.2) is 0 Å². The molecular weight excluding hydrogens is 314 g/mol. The van der Waals surface area contributed by atoms with E-state index in [0.717, 1.165) is 0 Å². The van der Waals surface area contributed by atoms with E-state index in [4.69, 9.17) is 0 Å². The van der Waals surface area contributed by atoms with Crippen LogP contribution in [0.3, 0.4) is 0 Å². The average Bonchev–Trinajstić information content (AvgIpc) is 3.23. The maximum absolute atomic E-state index is 2.38. The molecule has 0 radical (unpaired) electrons. The van der Waals surface area contributed by atoms with Crippen molar-refractivity contribution >= 4 is 23.3 Å². The third-order valence-corrected chi connectivity index (χ3v) is 5.82. The zero-order valence-corrected chi connectivity index (χ0v) is 14.4. The Morgan fingerprint density at radius 1 is 0.577 bits per heavy atom. The maximum atomic E-state index is 2.38. The van der Waals surface area contributed by atoms with Gasteiger partial charge in [0.2, 0.25) is 0 Å². The van der Waals surface area contributed by atoms with Gasteiger partial charge in [-0.05, 0) is 56.7 Å². The molecule has 2 aromatic carbocycles. The van der Waals surface area contributed by atoms with Gasteiger partial charge in [-0.25, -0.2) is 0 Å². The molecule has 0 unspecified atom stereocenters. The van der Waals surface area contributed by atoms with E-state index in [1.165, 1.54) is 44.5 Å². The summed E-state index contributed by atoms with van der Waals surface area (Å²) in [6, 6.07) is 17.4. The molecule has 0 heterocycles. The van der Waals surface area contributed by atoms with Crippen LogP contribution in [-0.2, 0) is 0 Å². The van der Waals surface area contributed by atoms with Gasteiger partial charge in [-0.1, -0.05) is 85.0 Å². The van der Waals surface area contributed by atoms with E-state index < -0.39 is 0 Å². The summed E-state index contributed by atoms with van der Waals surface area (Å²) in [5.74, 6) is 0. The van der Waals surface area contributed by atoms with Gasteiger partial charge in [0.25, 0.3) is 0 Å². The molecule has 1 spiro atoms. The van der Waals surface area contributed by atoms with E-state index >= 15 is 0 Å². The number of hydrogen-bond donors (Lipinski definition) is 1. The van der Waals surface area contributed by atoms with Crippen molar-refractivity contribution in [2.45, 2.75) is 0 Å². The molecule has 3 N–H and O–H groups in total. The zero-order chi connectivity index (χ0) is 16.4. The van der Waals surface area contributed by atoms with E-state index in [-0.39, 0.29) is 11.6 Å². The summed E-state index contributed by atoms with van der Waals surface area (Å²) in [6.45, 7) is 0. The monoisotopic (exact) mass is 333 g/mol. The summed E-state index contributed by atoms with van der Waals surface area (Å²) in [5.41, 5.74) is 10.7. The molecule has 124 valence electrons. The Labute approximate surface area is 153 Å². The highest BCUT2D eigenvalue weighted by Crippen LogP contribution is 2.58. The third-order valence-electron chi connectivity index (χ3n) is 5.82. The number of allylic oxidation sites excluding steroid dienone is 10. The first kappa shape index (κ1) is 15.1. The summed E-state index contributed by atoms with van der Waals surface area (Å²) in [5, 5.41) is 0. The predicted octanol–water partition coefficient (Wildman–Crippen LogP) is 6.24. The molecule has 0 saturated carbocycles. The minimum absolute atomic E-state index is 0. The SMILES string of the molecule is C1=CC2(C=CC=C3C2=Cc2ccccc23)C2=Cc3ccccc3C2=C1.N. The fourth-order valence-electron chi connectivity index (χ4n) is 4.69. The van der Waals surface area contributed by atoms with E-state index in [0.29, 0.717) is 0 Å². The standard InChI is InChI=1S/C25H16.H3N/c1-3-9-19-17(7-1)15-23-21(19)11-5-13-25(23)14-6-12-22-20-10-4-2-8-18(20)16-24(22)25;/h1-16H;1H3. The maximum Gasteiger partial charge on any atom is 0.0581 e. The Bertz CT molecular complexity index is 1040. The van der Waals surface area contributed by atoms with Crippen molar-refractivity contribution in [3.63, 3.8) is 0 Å². The van der Waals surface area contributed by atoms with Crippen molar-refractivity contribution in [1.29, 1.82) is 0 Å². The van der Waals surface area contributed by atoms with Gasteiger partial charge in [-0.2, -0.15) is 0 Å². The van der Waals surface area contributed by atoms with E-state index in [1.807, 2.05) is 0 Å². The molecule has 2 aromatic rings. The first-order valence-corrected chi connectivity index (χ1v) is 8.80. The molecule has 4 aliphatic rings. The number of hydrogen-bond acceptors (Lipinski definition) is 1. The Balaban J connectivity index is 0.00000150. The van der Waals surface area contributed by atoms with Gasteiger partial charge in [0.1, 0.15) is 0 Å². The van der Waals surface area contributed by atoms with Crippen LogP contribution in [0, 0.1) is 5.41 Å². The lowest BCUT2D eigenvalue weighted by molar-refractivity contribution is 0.754. The van der Waals surface area contributed by atoms with Crippen molar-refractivity contribution in [3.05, 3.63) is 118 Å². The highest BCUT2D eigenvalue weighted by atomic mass is 14.5. The molecule has 1 nitrogen and oxygen atoms in total. The molecule has 0 bridgehead atoms. The van der Waals surface area contributed by atoms with Gasteiger partial charge in [-0.15, -0.1) is 0 Å². The second-order valence-corrected chi connectivity index (χ2v) is 7.04. The Morgan fingerprint density at radius 2 is 1.04 bits per heavy atom. The minimum Gasteiger partial charge on any atom is -0.344 e. The fraction of sp³-hybridized carbons (Fsp3) is 0.0400. The number of fused-ring (bicyclic) bond motifs is 8. The highest BCUT2D eigenvalue weighted by molar-refractivity contribution is 6.05. The molecule has 0 aliphatic heterocycles. The van der Waals surface area contributed by atoms with Gasteiger partial charge in [-0.3, -0.25) is 0 Å². The molecule has 0 saturated heterocycles. The average molecular weight is 333 g/mol. The van der Waals surface area contributed by atoms with Gasteiger partial charge >= 0.3 is 0 Å². The molecule has 0 atom stereocenters. The van der Waals surface area contributed by atoms with Crippen LogP contribution < -0.4 is 6.15 Å². The normalized spacial score (nSPS) is 19.4. The lowest BCUT2D eigenvalue weighted by Gasteiger charge is -2.36. The Kier molecular flexibility index (Phi) is 3.01. The minimum atomic E-state index is -0.161. The number of rotatable bonds is 0. The van der Waals surface area contributed by atoms with Gasteiger partial charge in [0.05, 0.1) is 5.41 Å². The van der Waals surface area contributed by atoms with Crippen LogP contribution in [0.25, 0.3) is 23.3 Å². The third kappa shape index (κ3) is 1.73. The fourth-order valence-corrected chi connectivity index (χ4v) is 4.69. The lowest BCUT2D eigenvalue weighted by atomic mass is 9.65. The van der Waals surface area contributed by atoms with Gasteiger partial charge in [0.15, 0.2) is 0 Å². The van der Waals surface area contributed by atoms with Crippen LogP contribution >= 0.6 is 0 Å². The summed E-state index contributed by atoms with van der Waals surface area (Å²) >= 11 is 0. The van der Waals surface area contributed by atoms with E-state index in [1.54, 1.807) is 0 Å². The Hall–Kier alpha value is -3.16. The Morgan fingerprint density at radius 3 is 1.54 bits per heavy atom. The smallest absolute Gasteiger partial charge is 0.0581 e. The van der Waals surface area contributed by atoms with Crippen molar-refractivity contribution in [2.75, 3.05) is 0 Å². The quantitative estimate of drug-likeness (QED) is 0.609. The summed E-state index contributed by atoms with van der Waals surface area (Å²) < 4.78 is 0. The van der Waals surface area contributed by atoms with Gasteiger partial charge < -0.3 is 6.15 Å². The largest absolute Gasteiger partial charge is 0.344 e. The molecule has 1 heteroatoms. The molecular formula is C25H19N. The van der Waals surface area contributed by atoms with Crippen LogP contribution in [0.1, 0.15) is 22.3 Å². The van der Waals surface area contributed by atoms with Crippen LogP contribution in [0.2, 0.25) is 0 Å². The molecule has 0 amide bonds. The predicted molar refractivity (Wildman–Crippen MR) is 111 cm³/mol. The highest BCUT2D eigenvalue weighted by Gasteiger charge is 2.43.